The number of anilines is 1. The van der Waals surface area contributed by atoms with Crippen molar-refractivity contribution >= 4 is 28.5 Å². The number of esters is 1. The van der Waals surface area contributed by atoms with E-state index in [9.17, 15) is 9.59 Å². The number of carbonyl (C=O) groups excluding carboxylic acids is 1. The zero-order valence-corrected chi connectivity index (χ0v) is 14.3. The number of carboxylic acids is 1. The molecule has 0 spiro atoms. The van der Waals surface area contributed by atoms with Gasteiger partial charge in [-0.15, -0.1) is 0 Å². The number of rotatable bonds is 8. The van der Waals surface area contributed by atoms with Gasteiger partial charge < -0.3 is 24.6 Å². The maximum Gasteiger partial charge on any atom is 0.341 e. The number of nitrogens with one attached hydrogen (secondary N) is 1. The molecule has 0 bridgehead atoms. The lowest BCUT2D eigenvalue weighted by Crippen LogP contribution is -2.14. The molecule has 0 aliphatic rings. The third-order valence-electron chi connectivity index (χ3n) is 3.50. The lowest BCUT2D eigenvalue weighted by Gasteiger charge is -2.16. The smallest absolute Gasteiger partial charge is 0.341 e. The molecule has 2 aromatic rings. The number of hydrogen-bond acceptors (Lipinski definition) is 7. The van der Waals surface area contributed by atoms with Crippen LogP contribution in [0, 0.1) is 0 Å². The van der Waals surface area contributed by atoms with E-state index in [-0.39, 0.29) is 25.1 Å². The van der Waals surface area contributed by atoms with E-state index in [0.29, 0.717) is 28.1 Å². The molecule has 2 rings (SSSR count). The molecular weight excluding hydrogens is 328 g/mol. The number of carboxylic acid groups (broad SMARTS) is 1. The molecule has 0 saturated carbocycles. The molecule has 0 saturated heterocycles. The average Bonchev–Trinajstić information content (AvgIpc) is 2.60. The number of aromatic nitrogens is 1. The van der Waals surface area contributed by atoms with Gasteiger partial charge >= 0.3 is 11.9 Å². The third kappa shape index (κ3) is 4.09. The maximum absolute atomic E-state index is 12.2. The van der Waals surface area contributed by atoms with Crippen LogP contribution in [-0.2, 0) is 9.53 Å². The van der Waals surface area contributed by atoms with Gasteiger partial charge in [-0.1, -0.05) is 0 Å². The Labute approximate surface area is 144 Å². The number of ether oxygens (including phenoxy) is 3. The molecule has 0 aliphatic heterocycles. The van der Waals surface area contributed by atoms with E-state index in [2.05, 4.69) is 10.3 Å². The Kier molecular flexibility index (Phi) is 5.99. The highest BCUT2D eigenvalue weighted by Crippen LogP contribution is 2.35. The molecule has 2 N–H and O–H groups in total. The second kappa shape index (κ2) is 8.18. The van der Waals surface area contributed by atoms with Crippen LogP contribution in [0.25, 0.3) is 10.9 Å². The number of pyridine rings is 1. The minimum Gasteiger partial charge on any atom is -0.497 e. The van der Waals surface area contributed by atoms with Crippen molar-refractivity contribution in [3.63, 3.8) is 0 Å². The van der Waals surface area contributed by atoms with Crippen LogP contribution in [0.15, 0.2) is 18.3 Å². The summed E-state index contributed by atoms with van der Waals surface area (Å²) < 4.78 is 15.7. The molecule has 0 unspecified atom stereocenters. The van der Waals surface area contributed by atoms with Crippen molar-refractivity contribution in [1.29, 1.82) is 0 Å². The summed E-state index contributed by atoms with van der Waals surface area (Å²) in [6.07, 6.45) is 1.28. The Balaban J connectivity index is 2.62. The van der Waals surface area contributed by atoms with Gasteiger partial charge in [-0.2, -0.15) is 0 Å². The topological polar surface area (TPSA) is 107 Å². The average molecular weight is 348 g/mol. The Bertz CT molecular complexity index is 790. The lowest BCUT2D eigenvalue weighted by molar-refractivity contribution is -0.136. The minimum atomic E-state index is -0.946. The van der Waals surface area contributed by atoms with E-state index in [1.807, 2.05) is 0 Å². The molecule has 1 heterocycles. The van der Waals surface area contributed by atoms with E-state index in [4.69, 9.17) is 19.3 Å². The molecule has 8 heteroatoms. The molecule has 0 radical (unpaired) electrons. The fraction of sp³-hybridized carbons (Fsp3) is 0.353. The van der Waals surface area contributed by atoms with Crippen LogP contribution in [0.2, 0.25) is 0 Å². The number of hydrogen-bond donors (Lipinski definition) is 2. The first-order valence-corrected chi connectivity index (χ1v) is 7.69. The lowest BCUT2D eigenvalue weighted by atomic mass is 10.1. The highest BCUT2D eigenvalue weighted by atomic mass is 16.5. The SMILES string of the molecule is CCOC(=O)c1cnc2c(OC)cc(OC)cc2c1NCCC(=O)O. The van der Waals surface area contributed by atoms with Gasteiger partial charge in [0.25, 0.3) is 0 Å². The van der Waals surface area contributed by atoms with Gasteiger partial charge in [0.05, 0.1) is 32.9 Å². The Morgan fingerprint density at radius 3 is 2.60 bits per heavy atom. The van der Waals surface area contributed by atoms with Gasteiger partial charge in [0, 0.05) is 24.2 Å². The third-order valence-corrected chi connectivity index (χ3v) is 3.50. The fourth-order valence-corrected chi connectivity index (χ4v) is 2.37. The Morgan fingerprint density at radius 2 is 2.00 bits per heavy atom. The van der Waals surface area contributed by atoms with Crippen molar-refractivity contribution in [2.45, 2.75) is 13.3 Å². The highest BCUT2D eigenvalue weighted by Gasteiger charge is 2.19. The normalized spacial score (nSPS) is 10.4. The van der Waals surface area contributed by atoms with Crippen molar-refractivity contribution in [1.82, 2.24) is 4.98 Å². The zero-order valence-electron chi connectivity index (χ0n) is 14.3. The van der Waals surface area contributed by atoms with Gasteiger partial charge in [-0.05, 0) is 13.0 Å². The van der Waals surface area contributed by atoms with E-state index in [1.54, 1.807) is 19.1 Å². The number of carbonyl (C=O) groups is 2. The fourth-order valence-electron chi connectivity index (χ4n) is 2.37. The highest BCUT2D eigenvalue weighted by molar-refractivity contribution is 6.06. The van der Waals surface area contributed by atoms with E-state index in [0.717, 1.165) is 0 Å². The Morgan fingerprint density at radius 1 is 1.24 bits per heavy atom. The number of benzene rings is 1. The van der Waals surface area contributed by atoms with E-state index < -0.39 is 11.9 Å². The predicted octanol–water partition coefficient (Wildman–Crippen LogP) is 2.32. The van der Waals surface area contributed by atoms with E-state index >= 15 is 0 Å². The van der Waals surface area contributed by atoms with Crippen molar-refractivity contribution in [2.24, 2.45) is 0 Å². The first-order valence-electron chi connectivity index (χ1n) is 7.69. The summed E-state index contributed by atoms with van der Waals surface area (Å²) in [5.74, 6) is -0.491. The van der Waals surface area contributed by atoms with Crippen LogP contribution in [0.3, 0.4) is 0 Å². The first kappa shape index (κ1) is 18.3. The quantitative estimate of drug-likeness (QED) is 0.700. The van der Waals surface area contributed by atoms with Crippen LogP contribution >= 0.6 is 0 Å². The van der Waals surface area contributed by atoms with Gasteiger partial charge in [0.15, 0.2) is 0 Å². The predicted molar refractivity (Wildman–Crippen MR) is 91.5 cm³/mol. The standard InChI is InChI=1S/C17H20N2O6/c1-4-25-17(22)12-9-19-16-11(15(12)18-6-5-14(20)21)7-10(23-2)8-13(16)24-3/h7-9H,4-6H2,1-3H3,(H,18,19)(H,20,21). The van der Waals surface area contributed by atoms with Crippen molar-refractivity contribution in [3.05, 3.63) is 23.9 Å². The van der Waals surface area contributed by atoms with Gasteiger partial charge in [-0.25, -0.2) is 4.79 Å². The molecule has 134 valence electrons. The van der Waals surface area contributed by atoms with Crippen LogP contribution in [0.5, 0.6) is 11.5 Å². The molecular formula is C17H20N2O6. The maximum atomic E-state index is 12.2. The van der Waals surface area contributed by atoms with Gasteiger partial charge in [0.2, 0.25) is 0 Å². The molecule has 1 aromatic heterocycles. The van der Waals surface area contributed by atoms with Crippen molar-refractivity contribution in [2.75, 3.05) is 32.7 Å². The number of fused-ring (bicyclic) bond motifs is 1. The molecule has 0 amide bonds. The Hall–Kier alpha value is -3.03. The minimum absolute atomic E-state index is 0.104. The molecule has 0 fully saturated rings. The van der Waals surface area contributed by atoms with Crippen LogP contribution in [0.4, 0.5) is 5.69 Å². The van der Waals surface area contributed by atoms with E-state index in [1.165, 1.54) is 20.4 Å². The number of nitrogens with zero attached hydrogens (tertiary/aromatic N) is 1. The van der Waals surface area contributed by atoms with Gasteiger partial charge in [0.1, 0.15) is 22.6 Å². The molecule has 1 aromatic carbocycles. The second-order valence-electron chi connectivity index (χ2n) is 5.06. The molecule has 25 heavy (non-hydrogen) atoms. The first-order chi connectivity index (χ1) is 12.0. The summed E-state index contributed by atoms with van der Waals surface area (Å²) in [6, 6.07) is 3.39. The summed E-state index contributed by atoms with van der Waals surface area (Å²) >= 11 is 0. The van der Waals surface area contributed by atoms with Crippen LogP contribution in [-0.4, -0.2) is 49.4 Å². The summed E-state index contributed by atoms with van der Waals surface area (Å²) in [7, 11) is 3.02. The summed E-state index contributed by atoms with van der Waals surface area (Å²) in [4.78, 5) is 27.3. The van der Waals surface area contributed by atoms with Crippen molar-refractivity contribution < 1.29 is 28.9 Å². The summed E-state index contributed by atoms with van der Waals surface area (Å²) in [5.41, 5.74) is 1.17. The molecule has 0 atom stereocenters. The number of methoxy groups -OCH3 is 2. The summed E-state index contributed by atoms with van der Waals surface area (Å²) in [5, 5.41) is 12.4. The van der Waals surface area contributed by atoms with Gasteiger partial charge in [-0.3, -0.25) is 9.78 Å². The zero-order chi connectivity index (χ0) is 18.4. The van der Waals surface area contributed by atoms with Crippen LogP contribution in [0.1, 0.15) is 23.7 Å². The molecule has 8 nitrogen and oxygen atoms in total. The summed E-state index contributed by atoms with van der Waals surface area (Å²) in [6.45, 7) is 2.06. The second-order valence-corrected chi connectivity index (χ2v) is 5.06. The number of aliphatic carboxylic acids is 1. The largest absolute Gasteiger partial charge is 0.497 e. The van der Waals surface area contributed by atoms with Crippen LogP contribution < -0.4 is 14.8 Å². The monoisotopic (exact) mass is 348 g/mol. The van der Waals surface area contributed by atoms with Crippen molar-refractivity contribution in [3.8, 4) is 11.5 Å². The molecule has 0 aliphatic carbocycles.